The third-order valence-corrected chi connectivity index (χ3v) is 11.6. The van der Waals surface area contributed by atoms with Crippen molar-refractivity contribution in [3.63, 3.8) is 0 Å². The van der Waals surface area contributed by atoms with Crippen molar-refractivity contribution in [2.24, 2.45) is 11.8 Å². The number of esters is 3. The maximum Gasteiger partial charge on any atom is 0.306 e. The highest BCUT2D eigenvalue weighted by molar-refractivity contribution is 5.71. The van der Waals surface area contributed by atoms with Gasteiger partial charge in [-0.3, -0.25) is 14.4 Å². The number of rotatable bonds is 44. The van der Waals surface area contributed by atoms with E-state index in [9.17, 15) is 14.4 Å². The smallest absolute Gasteiger partial charge is 0.306 e. The number of carbonyl (C=O) groups is 3. The molecule has 1 unspecified atom stereocenters. The van der Waals surface area contributed by atoms with Crippen LogP contribution in [0.15, 0.2) is 0 Å². The van der Waals surface area contributed by atoms with Crippen LogP contribution < -0.4 is 0 Å². The Morgan fingerprint density at radius 3 is 1.02 bits per heavy atom. The van der Waals surface area contributed by atoms with Crippen LogP contribution in [0.25, 0.3) is 0 Å². The molecule has 0 aliphatic heterocycles. The lowest BCUT2D eigenvalue weighted by molar-refractivity contribution is -0.167. The average molecular weight is 793 g/mol. The van der Waals surface area contributed by atoms with Gasteiger partial charge in [-0.2, -0.15) is 0 Å². The van der Waals surface area contributed by atoms with Gasteiger partial charge in [0.2, 0.25) is 0 Å². The maximum absolute atomic E-state index is 12.7. The summed E-state index contributed by atoms with van der Waals surface area (Å²) in [4.78, 5) is 37.5. The zero-order valence-corrected chi connectivity index (χ0v) is 38.3. The van der Waals surface area contributed by atoms with Gasteiger partial charge in [-0.1, -0.05) is 234 Å². The van der Waals surface area contributed by atoms with Crippen molar-refractivity contribution in [3.8, 4) is 0 Å². The second-order valence-corrected chi connectivity index (χ2v) is 17.8. The van der Waals surface area contributed by atoms with E-state index in [-0.39, 0.29) is 31.1 Å². The predicted octanol–water partition coefficient (Wildman–Crippen LogP) is 15.8. The van der Waals surface area contributed by atoms with Gasteiger partial charge in [-0.15, -0.1) is 0 Å². The molecule has 56 heavy (non-hydrogen) atoms. The maximum atomic E-state index is 12.7. The molecule has 6 nitrogen and oxygen atoms in total. The topological polar surface area (TPSA) is 78.9 Å². The van der Waals surface area contributed by atoms with Crippen molar-refractivity contribution in [1.29, 1.82) is 0 Å². The first kappa shape index (κ1) is 54.4. The Morgan fingerprint density at radius 1 is 0.375 bits per heavy atom. The molecule has 0 amide bonds. The highest BCUT2D eigenvalue weighted by atomic mass is 16.6. The standard InChI is InChI=1S/C50H96O6/c1-6-8-9-28-35-40-48(51)54-43-47(44-55-49(52)41-36-31-26-23-22-24-29-33-38-45(3)4)56-50(53)42-37-32-27-21-19-17-15-13-11-10-12-14-16-18-20-25-30-34-39-46(5)7-2/h45-47H,6-44H2,1-5H3/t46?,47-/m1/s1. The van der Waals surface area contributed by atoms with Gasteiger partial charge in [-0.25, -0.2) is 0 Å². The summed E-state index contributed by atoms with van der Waals surface area (Å²) in [7, 11) is 0. The van der Waals surface area contributed by atoms with Crippen LogP contribution in [0.1, 0.15) is 272 Å². The Labute approximate surface area is 348 Å². The third-order valence-electron chi connectivity index (χ3n) is 11.6. The molecule has 0 aliphatic rings. The molecule has 0 saturated heterocycles. The van der Waals surface area contributed by atoms with Crippen molar-refractivity contribution in [2.45, 2.75) is 278 Å². The Kier molecular flexibility index (Phi) is 41.8. The van der Waals surface area contributed by atoms with E-state index in [1.54, 1.807) is 0 Å². The molecule has 0 spiro atoms. The van der Waals surface area contributed by atoms with Crippen molar-refractivity contribution >= 4 is 17.9 Å². The first-order valence-corrected chi connectivity index (χ1v) is 24.8. The van der Waals surface area contributed by atoms with E-state index < -0.39 is 6.10 Å². The molecule has 6 heteroatoms. The summed E-state index contributed by atoms with van der Waals surface area (Å²) in [6, 6.07) is 0. The van der Waals surface area contributed by atoms with Gasteiger partial charge < -0.3 is 14.2 Å². The predicted molar refractivity (Wildman–Crippen MR) is 238 cm³/mol. The second-order valence-electron chi connectivity index (χ2n) is 17.8. The normalized spacial score (nSPS) is 12.5. The lowest BCUT2D eigenvalue weighted by atomic mass is 9.99. The average Bonchev–Trinajstić information content (AvgIpc) is 3.18. The Balaban J connectivity index is 4.06. The molecule has 0 rings (SSSR count). The molecular weight excluding hydrogens is 697 g/mol. The highest BCUT2D eigenvalue weighted by Crippen LogP contribution is 2.18. The molecule has 332 valence electrons. The highest BCUT2D eigenvalue weighted by Gasteiger charge is 2.19. The number of unbranched alkanes of at least 4 members (excludes halogenated alkanes) is 28. The summed E-state index contributed by atoms with van der Waals surface area (Å²) in [6.07, 6.45) is 42.7. The monoisotopic (exact) mass is 793 g/mol. The van der Waals surface area contributed by atoms with Crippen molar-refractivity contribution < 1.29 is 28.6 Å². The lowest BCUT2D eigenvalue weighted by Gasteiger charge is -2.18. The number of hydrogen-bond donors (Lipinski definition) is 0. The van der Waals surface area contributed by atoms with Crippen LogP contribution >= 0.6 is 0 Å². The fourth-order valence-electron chi connectivity index (χ4n) is 7.43. The van der Waals surface area contributed by atoms with Gasteiger partial charge in [0, 0.05) is 19.3 Å². The van der Waals surface area contributed by atoms with Gasteiger partial charge in [0.15, 0.2) is 6.10 Å². The second kappa shape index (κ2) is 43.0. The Bertz CT molecular complexity index is 856. The van der Waals surface area contributed by atoms with E-state index in [1.165, 1.54) is 154 Å². The van der Waals surface area contributed by atoms with E-state index in [0.717, 1.165) is 76.0 Å². The van der Waals surface area contributed by atoms with E-state index in [4.69, 9.17) is 14.2 Å². The van der Waals surface area contributed by atoms with E-state index in [2.05, 4.69) is 34.6 Å². The zero-order chi connectivity index (χ0) is 41.2. The summed E-state index contributed by atoms with van der Waals surface area (Å²) in [5, 5.41) is 0. The zero-order valence-electron chi connectivity index (χ0n) is 38.3. The summed E-state index contributed by atoms with van der Waals surface area (Å²) in [5.74, 6) is 0.837. The van der Waals surface area contributed by atoms with E-state index in [1.807, 2.05) is 0 Å². The fourth-order valence-corrected chi connectivity index (χ4v) is 7.43. The molecule has 2 atom stereocenters. The number of carbonyl (C=O) groups excluding carboxylic acids is 3. The van der Waals surface area contributed by atoms with Gasteiger partial charge in [0.05, 0.1) is 0 Å². The largest absolute Gasteiger partial charge is 0.462 e. The van der Waals surface area contributed by atoms with Gasteiger partial charge in [0.25, 0.3) is 0 Å². The molecule has 0 bridgehead atoms. The molecule has 0 fully saturated rings. The van der Waals surface area contributed by atoms with Crippen LogP contribution in [0.5, 0.6) is 0 Å². The van der Waals surface area contributed by atoms with Crippen molar-refractivity contribution in [1.82, 2.24) is 0 Å². The van der Waals surface area contributed by atoms with Crippen LogP contribution in [-0.2, 0) is 28.6 Å². The van der Waals surface area contributed by atoms with Crippen LogP contribution in [0.3, 0.4) is 0 Å². The Morgan fingerprint density at radius 2 is 0.679 bits per heavy atom. The molecule has 0 aromatic heterocycles. The van der Waals surface area contributed by atoms with E-state index in [0.29, 0.717) is 19.3 Å². The summed E-state index contributed by atoms with van der Waals surface area (Å²) >= 11 is 0. The molecular formula is C50H96O6. The third kappa shape index (κ3) is 42.0. The van der Waals surface area contributed by atoms with Crippen LogP contribution in [0, 0.1) is 11.8 Å². The van der Waals surface area contributed by atoms with E-state index >= 15 is 0 Å². The van der Waals surface area contributed by atoms with Crippen LogP contribution in [0.2, 0.25) is 0 Å². The number of ether oxygens (including phenoxy) is 3. The van der Waals surface area contributed by atoms with Crippen LogP contribution in [0.4, 0.5) is 0 Å². The van der Waals surface area contributed by atoms with Crippen molar-refractivity contribution in [3.05, 3.63) is 0 Å². The molecule has 0 aromatic carbocycles. The SMILES string of the molecule is CCCCCCCC(=O)OC[C@H](COC(=O)CCCCCCCCCCC(C)C)OC(=O)CCCCCCCCCCCCCCCCCCCCC(C)CC. The summed E-state index contributed by atoms with van der Waals surface area (Å²) in [5.41, 5.74) is 0. The summed E-state index contributed by atoms with van der Waals surface area (Å²) < 4.78 is 16.6. The molecule has 0 radical (unpaired) electrons. The number of hydrogen-bond acceptors (Lipinski definition) is 6. The molecule has 0 aromatic rings. The molecule has 0 heterocycles. The quantitative estimate of drug-likeness (QED) is 0.0347. The van der Waals surface area contributed by atoms with Gasteiger partial charge in [-0.05, 0) is 31.1 Å². The van der Waals surface area contributed by atoms with Gasteiger partial charge in [0.1, 0.15) is 13.2 Å². The van der Waals surface area contributed by atoms with Crippen LogP contribution in [-0.4, -0.2) is 37.2 Å². The lowest BCUT2D eigenvalue weighted by Crippen LogP contribution is -2.30. The molecule has 0 aliphatic carbocycles. The van der Waals surface area contributed by atoms with Crippen molar-refractivity contribution in [2.75, 3.05) is 13.2 Å². The molecule has 0 N–H and O–H groups in total. The molecule has 0 saturated carbocycles. The first-order chi connectivity index (χ1) is 27.3. The minimum Gasteiger partial charge on any atom is -0.462 e. The summed E-state index contributed by atoms with van der Waals surface area (Å²) in [6.45, 7) is 11.3. The van der Waals surface area contributed by atoms with Gasteiger partial charge >= 0.3 is 17.9 Å². The fraction of sp³-hybridized carbons (Fsp3) is 0.940. The minimum absolute atomic E-state index is 0.0659. The Hall–Kier alpha value is -1.59. The first-order valence-electron chi connectivity index (χ1n) is 24.8. The minimum atomic E-state index is -0.759.